The van der Waals surface area contributed by atoms with E-state index in [9.17, 15) is 4.79 Å². The largest absolute Gasteiger partial charge is 0.478 e. The molecule has 0 fully saturated rings. The molecule has 0 heterocycles. The number of rotatable bonds is 7. The van der Waals surface area contributed by atoms with E-state index in [0.29, 0.717) is 25.4 Å². The van der Waals surface area contributed by atoms with Gasteiger partial charge in [-0.1, -0.05) is 28.1 Å². The zero-order valence-corrected chi connectivity index (χ0v) is 11.8. The van der Waals surface area contributed by atoms with E-state index in [1.807, 2.05) is 6.92 Å². The monoisotopic (exact) mass is 313 g/mol. The van der Waals surface area contributed by atoms with E-state index in [-0.39, 0.29) is 5.56 Å². The van der Waals surface area contributed by atoms with Crippen LogP contribution in [-0.4, -0.2) is 30.8 Å². The molecule has 0 spiro atoms. The Kier molecular flexibility index (Phi) is 5.88. The summed E-state index contributed by atoms with van der Waals surface area (Å²) in [6.45, 7) is 7.20. The Hall–Kier alpha value is -1.33. The number of benzene rings is 1. The second-order valence-corrected chi connectivity index (χ2v) is 4.85. The average Bonchev–Trinajstić information content (AvgIpc) is 2.29. The molecular weight excluding hydrogens is 298 g/mol. The minimum absolute atomic E-state index is 0.240. The van der Waals surface area contributed by atoms with Gasteiger partial charge >= 0.3 is 5.97 Å². The lowest BCUT2D eigenvalue weighted by atomic mass is 10.2. The Labute approximate surface area is 115 Å². The van der Waals surface area contributed by atoms with Gasteiger partial charge in [0, 0.05) is 16.7 Å². The van der Waals surface area contributed by atoms with E-state index in [1.54, 1.807) is 18.2 Å². The normalized spacial score (nSPS) is 10.1. The van der Waals surface area contributed by atoms with Gasteiger partial charge in [-0.25, -0.2) is 4.79 Å². The number of hydrogen-bond acceptors (Lipinski definition) is 3. The lowest BCUT2D eigenvalue weighted by Crippen LogP contribution is -2.13. The fourth-order valence-electron chi connectivity index (χ4n) is 1.35. The maximum Gasteiger partial charge on any atom is 0.337 e. The second kappa shape index (κ2) is 7.18. The number of ether oxygens (including phenoxy) is 1. The summed E-state index contributed by atoms with van der Waals surface area (Å²) in [6, 6.07) is 5.09. The Morgan fingerprint density at radius 2 is 2.28 bits per heavy atom. The van der Waals surface area contributed by atoms with Gasteiger partial charge in [0.1, 0.15) is 0 Å². The summed E-state index contributed by atoms with van der Waals surface area (Å²) in [4.78, 5) is 11.0. The van der Waals surface area contributed by atoms with Gasteiger partial charge in [0.05, 0.1) is 18.8 Å². The summed E-state index contributed by atoms with van der Waals surface area (Å²) in [5.74, 6) is -0.957. The van der Waals surface area contributed by atoms with Crippen LogP contribution in [0, 0.1) is 0 Å². The van der Waals surface area contributed by atoms with Crippen LogP contribution >= 0.6 is 15.9 Å². The molecule has 0 radical (unpaired) electrons. The SMILES string of the molecule is C=C(C)COCCNc1ccc(Br)cc1C(=O)O. The molecule has 0 aliphatic heterocycles. The summed E-state index contributed by atoms with van der Waals surface area (Å²) >= 11 is 3.25. The van der Waals surface area contributed by atoms with Crippen LogP contribution in [0.4, 0.5) is 5.69 Å². The van der Waals surface area contributed by atoms with Crippen LogP contribution in [0.25, 0.3) is 0 Å². The smallest absolute Gasteiger partial charge is 0.337 e. The van der Waals surface area contributed by atoms with Crippen molar-refractivity contribution < 1.29 is 14.6 Å². The van der Waals surface area contributed by atoms with Gasteiger partial charge in [-0.3, -0.25) is 0 Å². The highest BCUT2D eigenvalue weighted by Gasteiger charge is 2.09. The molecule has 4 nitrogen and oxygen atoms in total. The first-order valence-corrected chi connectivity index (χ1v) is 6.29. The molecule has 0 unspecified atom stereocenters. The summed E-state index contributed by atoms with van der Waals surface area (Å²) in [7, 11) is 0. The van der Waals surface area contributed by atoms with Crippen LogP contribution in [0.1, 0.15) is 17.3 Å². The van der Waals surface area contributed by atoms with E-state index < -0.39 is 5.97 Å². The predicted molar refractivity (Wildman–Crippen MR) is 75.2 cm³/mol. The zero-order chi connectivity index (χ0) is 13.5. The Morgan fingerprint density at radius 1 is 1.56 bits per heavy atom. The average molecular weight is 314 g/mol. The molecule has 0 aromatic heterocycles. The van der Waals surface area contributed by atoms with E-state index in [4.69, 9.17) is 9.84 Å². The van der Waals surface area contributed by atoms with Crippen molar-refractivity contribution >= 4 is 27.6 Å². The molecule has 0 aliphatic carbocycles. The number of carboxylic acid groups (broad SMARTS) is 1. The summed E-state index contributed by atoms with van der Waals surface area (Å²) < 4.78 is 6.06. The number of anilines is 1. The summed E-state index contributed by atoms with van der Waals surface area (Å²) in [5.41, 5.74) is 1.79. The van der Waals surface area contributed by atoms with Crippen molar-refractivity contribution in [2.24, 2.45) is 0 Å². The molecule has 18 heavy (non-hydrogen) atoms. The lowest BCUT2D eigenvalue weighted by molar-refractivity contribution is 0.0697. The summed E-state index contributed by atoms with van der Waals surface area (Å²) in [5, 5.41) is 12.1. The first-order valence-electron chi connectivity index (χ1n) is 5.49. The fraction of sp³-hybridized carbons (Fsp3) is 0.308. The number of aromatic carboxylic acids is 1. The maximum absolute atomic E-state index is 11.0. The molecule has 1 aromatic rings. The third kappa shape index (κ3) is 4.89. The molecule has 0 bridgehead atoms. The van der Waals surface area contributed by atoms with Gasteiger partial charge in [0.25, 0.3) is 0 Å². The van der Waals surface area contributed by atoms with Crippen LogP contribution in [0.2, 0.25) is 0 Å². The molecule has 5 heteroatoms. The topological polar surface area (TPSA) is 58.6 Å². The van der Waals surface area contributed by atoms with Gasteiger partial charge in [-0.05, 0) is 25.1 Å². The van der Waals surface area contributed by atoms with Gasteiger partial charge < -0.3 is 15.2 Å². The Balaban J connectivity index is 2.51. The van der Waals surface area contributed by atoms with Crippen molar-refractivity contribution in [3.8, 4) is 0 Å². The van der Waals surface area contributed by atoms with E-state index in [2.05, 4.69) is 27.8 Å². The quantitative estimate of drug-likeness (QED) is 0.599. The van der Waals surface area contributed by atoms with Gasteiger partial charge in [0.15, 0.2) is 0 Å². The van der Waals surface area contributed by atoms with Crippen molar-refractivity contribution in [1.82, 2.24) is 0 Å². The zero-order valence-electron chi connectivity index (χ0n) is 10.2. The molecule has 1 aromatic carbocycles. The van der Waals surface area contributed by atoms with Crippen molar-refractivity contribution in [2.75, 3.05) is 25.1 Å². The van der Waals surface area contributed by atoms with Gasteiger partial charge in [-0.15, -0.1) is 0 Å². The van der Waals surface area contributed by atoms with Crippen LogP contribution in [-0.2, 0) is 4.74 Å². The van der Waals surface area contributed by atoms with Crippen LogP contribution < -0.4 is 5.32 Å². The molecular formula is C13H16BrNO3. The lowest BCUT2D eigenvalue weighted by Gasteiger charge is -2.10. The summed E-state index contributed by atoms with van der Waals surface area (Å²) in [6.07, 6.45) is 0. The molecule has 2 N–H and O–H groups in total. The molecule has 0 saturated heterocycles. The van der Waals surface area contributed by atoms with Gasteiger partial charge in [0.2, 0.25) is 0 Å². The fourth-order valence-corrected chi connectivity index (χ4v) is 1.71. The van der Waals surface area contributed by atoms with Crippen LogP contribution in [0.15, 0.2) is 34.8 Å². The number of carboxylic acids is 1. The highest BCUT2D eigenvalue weighted by molar-refractivity contribution is 9.10. The third-order valence-corrected chi connectivity index (χ3v) is 2.62. The molecule has 1 rings (SSSR count). The molecule has 0 aliphatic rings. The molecule has 0 atom stereocenters. The van der Waals surface area contributed by atoms with Crippen LogP contribution in [0.3, 0.4) is 0 Å². The van der Waals surface area contributed by atoms with Gasteiger partial charge in [-0.2, -0.15) is 0 Å². The minimum Gasteiger partial charge on any atom is -0.478 e. The Bertz CT molecular complexity index is 446. The number of nitrogens with one attached hydrogen (secondary N) is 1. The number of carbonyl (C=O) groups is 1. The third-order valence-electron chi connectivity index (χ3n) is 2.12. The van der Waals surface area contributed by atoms with Crippen molar-refractivity contribution in [3.05, 3.63) is 40.4 Å². The highest BCUT2D eigenvalue weighted by Crippen LogP contribution is 2.20. The van der Waals surface area contributed by atoms with Crippen molar-refractivity contribution in [3.63, 3.8) is 0 Å². The van der Waals surface area contributed by atoms with E-state index in [1.165, 1.54) is 0 Å². The number of halogens is 1. The standard InChI is InChI=1S/C13H16BrNO3/c1-9(2)8-18-6-5-15-12-4-3-10(14)7-11(12)13(16)17/h3-4,7,15H,1,5-6,8H2,2H3,(H,16,17). The predicted octanol–water partition coefficient (Wildman–Crippen LogP) is 3.15. The minimum atomic E-state index is -0.957. The molecule has 0 amide bonds. The van der Waals surface area contributed by atoms with E-state index in [0.717, 1.165) is 10.0 Å². The van der Waals surface area contributed by atoms with Crippen molar-refractivity contribution in [2.45, 2.75) is 6.92 Å². The molecule has 98 valence electrons. The molecule has 0 saturated carbocycles. The Morgan fingerprint density at radius 3 is 2.89 bits per heavy atom. The highest BCUT2D eigenvalue weighted by atomic mass is 79.9. The first-order chi connectivity index (χ1) is 8.50. The second-order valence-electron chi connectivity index (χ2n) is 3.93. The maximum atomic E-state index is 11.0. The first kappa shape index (κ1) is 14.7. The van der Waals surface area contributed by atoms with Crippen molar-refractivity contribution in [1.29, 1.82) is 0 Å². The van der Waals surface area contributed by atoms with E-state index >= 15 is 0 Å². The van der Waals surface area contributed by atoms with Crippen LogP contribution in [0.5, 0.6) is 0 Å². The number of hydrogen-bond donors (Lipinski definition) is 2.